The second kappa shape index (κ2) is 8.66. The molecule has 136 valence electrons. The van der Waals surface area contributed by atoms with Gasteiger partial charge in [-0.2, -0.15) is 0 Å². The summed E-state index contributed by atoms with van der Waals surface area (Å²) in [4.78, 5) is 13.7. The number of hydrogen-bond donors (Lipinski definition) is 1. The molecule has 0 aliphatic heterocycles. The number of benzene rings is 1. The van der Waals surface area contributed by atoms with Gasteiger partial charge >= 0.3 is 5.97 Å². The maximum Gasteiger partial charge on any atom is 0.303 e. The van der Waals surface area contributed by atoms with Crippen LogP contribution in [0.5, 0.6) is 0 Å². The number of rotatable bonds is 9. The predicted molar refractivity (Wildman–Crippen MR) is 107 cm³/mol. The number of carboxylic acids is 1. The van der Waals surface area contributed by atoms with Crippen LogP contribution in [0.1, 0.15) is 59.6 Å². The molecule has 0 aliphatic carbocycles. The Balaban J connectivity index is 1.80. The molecule has 2 nitrogen and oxygen atoms in total. The van der Waals surface area contributed by atoms with E-state index < -0.39 is 5.97 Å². The first-order valence-electron chi connectivity index (χ1n) is 9.11. The molecule has 1 N–H and O–H groups in total. The van der Waals surface area contributed by atoms with Crippen LogP contribution in [0, 0.1) is 19.3 Å². The first-order chi connectivity index (χ1) is 11.7. The number of carboxylic acid groups (broad SMARTS) is 1. The smallest absolute Gasteiger partial charge is 0.303 e. The fourth-order valence-corrected chi connectivity index (χ4v) is 4.29. The second-order valence-electron chi connectivity index (χ2n) is 7.89. The Bertz CT molecular complexity index is 713. The lowest BCUT2D eigenvalue weighted by Gasteiger charge is -2.21. The van der Waals surface area contributed by atoms with E-state index in [4.69, 9.17) is 5.11 Å². The van der Waals surface area contributed by atoms with Gasteiger partial charge in [-0.25, -0.2) is 0 Å². The van der Waals surface area contributed by atoms with Crippen LogP contribution in [-0.4, -0.2) is 11.1 Å². The Labute approximate surface area is 155 Å². The van der Waals surface area contributed by atoms with Gasteiger partial charge in [0.15, 0.2) is 0 Å². The minimum atomic E-state index is -0.705. The van der Waals surface area contributed by atoms with E-state index in [0.29, 0.717) is 0 Å². The molecule has 0 fully saturated rings. The standard InChI is InChI=1S/C22H30O2S/c1-16-8-9-18(17(2)14-16)6-5-7-19-10-11-20(25-19)12-13-22(3,4)15-21(23)24/h8-11,14H,5-7,12-13,15H2,1-4H3,(H,23,24). The zero-order valence-electron chi connectivity index (χ0n) is 15.9. The minimum Gasteiger partial charge on any atom is -0.481 e. The Morgan fingerprint density at radius 2 is 1.72 bits per heavy atom. The average Bonchev–Trinajstić information content (AvgIpc) is 2.94. The number of thiophene rings is 1. The lowest BCUT2D eigenvalue weighted by molar-refractivity contribution is -0.139. The van der Waals surface area contributed by atoms with Gasteiger partial charge in [-0.1, -0.05) is 37.6 Å². The second-order valence-corrected chi connectivity index (χ2v) is 9.14. The van der Waals surface area contributed by atoms with E-state index in [1.54, 1.807) is 0 Å². The van der Waals surface area contributed by atoms with E-state index in [1.807, 2.05) is 25.2 Å². The molecule has 0 amide bonds. The summed E-state index contributed by atoms with van der Waals surface area (Å²) in [6, 6.07) is 11.2. The van der Waals surface area contributed by atoms with Gasteiger partial charge in [0, 0.05) is 9.75 Å². The maximum atomic E-state index is 10.9. The van der Waals surface area contributed by atoms with Gasteiger partial charge in [0.05, 0.1) is 6.42 Å². The molecular formula is C22H30O2S. The van der Waals surface area contributed by atoms with Gasteiger partial charge in [-0.3, -0.25) is 4.79 Å². The molecule has 0 spiro atoms. The third-order valence-corrected chi connectivity index (χ3v) is 5.97. The fourth-order valence-electron chi connectivity index (χ4n) is 3.23. The summed E-state index contributed by atoms with van der Waals surface area (Å²) in [5, 5.41) is 8.98. The van der Waals surface area contributed by atoms with Gasteiger partial charge in [0.2, 0.25) is 0 Å². The van der Waals surface area contributed by atoms with Crippen molar-refractivity contribution in [1.82, 2.24) is 0 Å². The molecule has 0 radical (unpaired) electrons. The van der Waals surface area contributed by atoms with Crippen molar-refractivity contribution in [3.05, 3.63) is 56.8 Å². The van der Waals surface area contributed by atoms with Crippen LogP contribution in [0.15, 0.2) is 30.3 Å². The molecule has 0 saturated heterocycles. The summed E-state index contributed by atoms with van der Waals surface area (Å²) >= 11 is 1.89. The number of aryl methyl sites for hydroxylation is 5. The van der Waals surface area contributed by atoms with Crippen molar-refractivity contribution < 1.29 is 9.90 Å². The SMILES string of the molecule is Cc1ccc(CCCc2ccc(CCC(C)(C)CC(=O)O)s2)c(C)c1. The minimum absolute atomic E-state index is 0.140. The largest absolute Gasteiger partial charge is 0.481 e. The quantitative estimate of drug-likeness (QED) is 0.599. The van der Waals surface area contributed by atoms with Crippen molar-refractivity contribution in [3.8, 4) is 0 Å². The van der Waals surface area contributed by atoms with Crippen molar-refractivity contribution in [2.45, 2.75) is 66.2 Å². The lowest BCUT2D eigenvalue weighted by Crippen LogP contribution is -2.17. The molecule has 2 aromatic rings. The summed E-state index contributed by atoms with van der Waals surface area (Å²) in [5.74, 6) is -0.705. The van der Waals surface area contributed by atoms with Gasteiger partial charge in [0.1, 0.15) is 0 Å². The summed E-state index contributed by atoms with van der Waals surface area (Å²) < 4.78 is 0. The molecule has 1 heterocycles. The lowest BCUT2D eigenvalue weighted by atomic mass is 9.84. The molecule has 2 rings (SSSR count). The molecular weight excluding hydrogens is 328 g/mol. The summed E-state index contributed by atoms with van der Waals surface area (Å²) in [6.07, 6.45) is 5.56. The van der Waals surface area contributed by atoms with Crippen molar-refractivity contribution >= 4 is 17.3 Å². The highest BCUT2D eigenvalue weighted by atomic mass is 32.1. The van der Waals surface area contributed by atoms with Gasteiger partial charge < -0.3 is 5.11 Å². The van der Waals surface area contributed by atoms with E-state index in [9.17, 15) is 4.79 Å². The van der Waals surface area contributed by atoms with Crippen molar-refractivity contribution in [2.24, 2.45) is 5.41 Å². The Morgan fingerprint density at radius 3 is 2.36 bits per heavy atom. The Kier molecular flexibility index (Phi) is 6.83. The molecule has 0 aliphatic rings. The van der Waals surface area contributed by atoms with Crippen LogP contribution < -0.4 is 0 Å². The van der Waals surface area contributed by atoms with E-state index in [1.165, 1.54) is 32.9 Å². The van der Waals surface area contributed by atoms with Crippen molar-refractivity contribution in [2.75, 3.05) is 0 Å². The summed E-state index contributed by atoms with van der Waals surface area (Å²) in [6.45, 7) is 8.42. The highest BCUT2D eigenvalue weighted by Gasteiger charge is 2.21. The topological polar surface area (TPSA) is 37.3 Å². The molecule has 0 saturated carbocycles. The zero-order chi connectivity index (χ0) is 18.4. The highest BCUT2D eigenvalue weighted by Crippen LogP contribution is 2.29. The van der Waals surface area contributed by atoms with Crippen LogP contribution in [0.4, 0.5) is 0 Å². The van der Waals surface area contributed by atoms with Gasteiger partial charge in [0.25, 0.3) is 0 Å². The van der Waals surface area contributed by atoms with E-state index in [-0.39, 0.29) is 11.8 Å². The third kappa shape index (κ3) is 6.66. The average molecular weight is 359 g/mol. The molecule has 3 heteroatoms. The monoisotopic (exact) mass is 358 g/mol. The van der Waals surface area contributed by atoms with Crippen LogP contribution in [0.3, 0.4) is 0 Å². The first-order valence-corrected chi connectivity index (χ1v) is 9.92. The maximum absolute atomic E-state index is 10.9. The Hall–Kier alpha value is -1.61. The van der Waals surface area contributed by atoms with Crippen molar-refractivity contribution in [1.29, 1.82) is 0 Å². The molecule has 0 atom stereocenters. The van der Waals surface area contributed by atoms with E-state index in [0.717, 1.165) is 25.7 Å². The normalized spacial score (nSPS) is 11.7. The third-order valence-electron chi connectivity index (χ3n) is 4.76. The van der Waals surface area contributed by atoms with Gasteiger partial charge in [-0.05, 0) is 74.6 Å². The molecule has 25 heavy (non-hydrogen) atoms. The van der Waals surface area contributed by atoms with Crippen LogP contribution in [0.25, 0.3) is 0 Å². The molecule has 0 unspecified atom stereocenters. The van der Waals surface area contributed by atoms with Gasteiger partial charge in [-0.15, -0.1) is 11.3 Å². The number of carbonyl (C=O) groups is 1. The predicted octanol–water partition coefficient (Wildman–Crippen LogP) is 5.97. The number of hydrogen-bond acceptors (Lipinski definition) is 2. The highest BCUT2D eigenvalue weighted by molar-refractivity contribution is 7.11. The number of aliphatic carboxylic acids is 1. The van der Waals surface area contributed by atoms with E-state index in [2.05, 4.69) is 44.2 Å². The summed E-state index contributed by atoms with van der Waals surface area (Å²) in [5.41, 5.74) is 4.04. The molecule has 1 aromatic heterocycles. The first kappa shape index (κ1) is 19.7. The van der Waals surface area contributed by atoms with Crippen LogP contribution >= 0.6 is 11.3 Å². The fraction of sp³-hybridized carbons (Fsp3) is 0.500. The zero-order valence-corrected chi connectivity index (χ0v) is 16.7. The molecule has 1 aromatic carbocycles. The summed E-state index contributed by atoms with van der Waals surface area (Å²) in [7, 11) is 0. The van der Waals surface area contributed by atoms with Crippen molar-refractivity contribution in [3.63, 3.8) is 0 Å². The van der Waals surface area contributed by atoms with Crippen LogP contribution in [0.2, 0.25) is 0 Å². The Morgan fingerprint density at radius 1 is 1.04 bits per heavy atom. The van der Waals surface area contributed by atoms with Crippen LogP contribution in [-0.2, 0) is 24.1 Å². The molecule has 0 bridgehead atoms. The van der Waals surface area contributed by atoms with E-state index >= 15 is 0 Å².